The number of carbonyl (C=O) groups excluding carboxylic acids is 2. The van der Waals surface area contributed by atoms with Crippen LogP contribution in [0.1, 0.15) is 26.5 Å². The number of rotatable bonds is 12. The van der Waals surface area contributed by atoms with Crippen molar-refractivity contribution in [3.63, 3.8) is 0 Å². The highest BCUT2D eigenvalue weighted by molar-refractivity contribution is 6.32. The topological polar surface area (TPSA) is 162 Å². The second-order valence-corrected chi connectivity index (χ2v) is 11.6. The summed E-state index contributed by atoms with van der Waals surface area (Å²) in [5.41, 5.74) is -1.26. The van der Waals surface area contributed by atoms with Crippen LogP contribution in [0.3, 0.4) is 0 Å². The Kier molecular flexibility index (Phi) is 14.1. The Morgan fingerprint density at radius 3 is 1.96 bits per heavy atom. The smallest absolute Gasteiger partial charge is 0.344 e. The average molecular weight is 789 g/mol. The maximum absolute atomic E-state index is 14.6. The van der Waals surface area contributed by atoms with Gasteiger partial charge in [0.05, 0.1) is 34.6 Å². The van der Waals surface area contributed by atoms with Crippen LogP contribution in [0.15, 0.2) is 76.6 Å². The van der Waals surface area contributed by atoms with E-state index in [0.717, 1.165) is 16.7 Å². The maximum Gasteiger partial charge on any atom is 0.344 e. The molecule has 5 rings (SSSR count). The molecule has 0 saturated heterocycles. The van der Waals surface area contributed by atoms with E-state index in [-0.39, 0.29) is 69.4 Å². The van der Waals surface area contributed by atoms with Crippen molar-refractivity contribution in [3.8, 4) is 40.4 Å². The number of nitrogens with one attached hydrogen (secondary N) is 1. The summed E-state index contributed by atoms with van der Waals surface area (Å²) in [5, 5.41) is 2.28. The summed E-state index contributed by atoms with van der Waals surface area (Å²) in [4.78, 5) is 55.5. The van der Waals surface area contributed by atoms with Gasteiger partial charge in [-0.2, -0.15) is 0 Å². The van der Waals surface area contributed by atoms with E-state index < -0.39 is 34.8 Å². The van der Waals surface area contributed by atoms with E-state index in [1.54, 1.807) is 39.0 Å². The van der Waals surface area contributed by atoms with Crippen LogP contribution in [0.25, 0.3) is 5.69 Å². The molecule has 1 amide bonds. The molecular weight excluding hydrogens is 755 g/mol. The lowest BCUT2D eigenvalue weighted by molar-refractivity contribution is -0.145. The number of benzene rings is 2. The number of carbonyl (C=O) groups is 2. The Hall–Kier alpha value is -6.00. The summed E-state index contributed by atoms with van der Waals surface area (Å²) < 4.78 is 57.2. The zero-order valence-corrected chi connectivity index (χ0v) is 31.0. The molecule has 0 atom stereocenters. The van der Waals surface area contributed by atoms with Crippen molar-refractivity contribution in [2.45, 2.75) is 27.7 Å². The van der Waals surface area contributed by atoms with Crippen LogP contribution in [0, 0.1) is 18.6 Å². The van der Waals surface area contributed by atoms with Gasteiger partial charge < -0.3 is 33.6 Å². The zero-order chi connectivity index (χ0) is 39.5. The van der Waals surface area contributed by atoms with Gasteiger partial charge in [0.25, 0.3) is 17.3 Å². The minimum Gasteiger partial charge on any atom is -0.475 e. The number of anilines is 1. The SMILES string of the molecule is CCOC(=O)COc1ncccc1Oc1cc(NC(C)=O)c(F)cc1Cl.CCOc1ncccc1Oc1cc(-n2c(=O)cc(C)n(C)c2=O)c(F)cc1Cl. The molecular formula is C36H33Cl2F2N5O9. The van der Waals surface area contributed by atoms with Crippen LogP contribution < -0.4 is 35.5 Å². The molecule has 284 valence electrons. The van der Waals surface area contributed by atoms with Gasteiger partial charge in [-0.15, -0.1) is 0 Å². The van der Waals surface area contributed by atoms with Gasteiger partial charge in [0.15, 0.2) is 18.1 Å². The molecule has 18 heteroatoms. The molecule has 0 fully saturated rings. The van der Waals surface area contributed by atoms with Crippen molar-refractivity contribution in [3.05, 3.63) is 115 Å². The molecule has 0 aliphatic carbocycles. The second-order valence-electron chi connectivity index (χ2n) is 10.8. The molecule has 0 bridgehead atoms. The first-order valence-electron chi connectivity index (χ1n) is 16.0. The van der Waals surface area contributed by atoms with Gasteiger partial charge in [-0.25, -0.2) is 32.9 Å². The van der Waals surface area contributed by atoms with Crippen LogP contribution in [0.5, 0.6) is 34.8 Å². The molecule has 14 nitrogen and oxygen atoms in total. The van der Waals surface area contributed by atoms with Crippen molar-refractivity contribution in [2.75, 3.05) is 25.1 Å². The molecule has 3 aromatic heterocycles. The van der Waals surface area contributed by atoms with E-state index in [9.17, 15) is 28.0 Å². The molecule has 2 aromatic carbocycles. The number of aromatic nitrogens is 4. The highest BCUT2D eigenvalue weighted by Crippen LogP contribution is 2.37. The van der Waals surface area contributed by atoms with Crippen molar-refractivity contribution >= 4 is 40.8 Å². The molecule has 0 saturated carbocycles. The Bertz CT molecular complexity index is 2290. The molecule has 54 heavy (non-hydrogen) atoms. The van der Waals surface area contributed by atoms with E-state index in [0.29, 0.717) is 12.3 Å². The predicted molar refractivity (Wildman–Crippen MR) is 195 cm³/mol. The van der Waals surface area contributed by atoms with Crippen molar-refractivity contribution < 1.29 is 42.1 Å². The number of hydrogen-bond donors (Lipinski definition) is 1. The Labute approximate surface area is 316 Å². The van der Waals surface area contributed by atoms with Gasteiger partial charge in [0.2, 0.25) is 5.91 Å². The van der Waals surface area contributed by atoms with Crippen LogP contribution in [0.4, 0.5) is 14.5 Å². The lowest BCUT2D eigenvalue weighted by Gasteiger charge is -2.14. The summed E-state index contributed by atoms with van der Waals surface area (Å²) in [6.45, 7) is 6.57. The number of aryl methyl sites for hydroxylation is 1. The Morgan fingerprint density at radius 2 is 1.39 bits per heavy atom. The van der Waals surface area contributed by atoms with Gasteiger partial charge in [-0.05, 0) is 57.2 Å². The highest BCUT2D eigenvalue weighted by Gasteiger charge is 2.19. The first-order chi connectivity index (χ1) is 25.7. The van der Waals surface area contributed by atoms with Crippen molar-refractivity contribution in [2.24, 2.45) is 7.05 Å². The fourth-order valence-electron chi connectivity index (χ4n) is 4.45. The summed E-state index contributed by atoms with van der Waals surface area (Å²) in [5.74, 6) is -1.76. The largest absolute Gasteiger partial charge is 0.475 e. The minimum absolute atomic E-state index is 0.0169. The predicted octanol–water partition coefficient (Wildman–Crippen LogP) is 6.79. The third-order valence-electron chi connectivity index (χ3n) is 6.96. The third-order valence-corrected chi connectivity index (χ3v) is 7.55. The molecule has 1 N–H and O–H groups in total. The minimum atomic E-state index is -0.836. The lowest BCUT2D eigenvalue weighted by atomic mass is 10.2. The molecule has 0 aliphatic rings. The fraction of sp³-hybridized carbons (Fsp3) is 0.222. The van der Waals surface area contributed by atoms with E-state index in [1.165, 1.54) is 55.2 Å². The number of nitrogens with zero attached hydrogens (tertiary/aromatic N) is 4. The zero-order valence-electron chi connectivity index (χ0n) is 29.4. The normalized spacial score (nSPS) is 10.5. The van der Waals surface area contributed by atoms with Crippen LogP contribution in [-0.4, -0.2) is 50.8 Å². The number of halogens is 4. The van der Waals surface area contributed by atoms with Crippen molar-refractivity contribution in [1.82, 2.24) is 19.1 Å². The fourth-order valence-corrected chi connectivity index (χ4v) is 4.82. The van der Waals surface area contributed by atoms with Crippen molar-refractivity contribution in [1.29, 1.82) is 0 Å². The standard InChI is InChI=1S/C19H17ClFN3O4.C17H16ClFN2O5/c1-4-27-18-15(6-5-7-22-18)28-16-10-14(13(21)9-12(16)20)24-17(25)8-11(2)23(3)19(24)26;1-3-24-16(23)9-25-17-14(5-4-6-20-17)26-15-8-13(21-10(2)22)12(19)7-11(15)18/h5-10H,4H2,1-3H3;4-8H,3,9H2,1-2H3,(H,21,22). The third kappa shape index (κ3) is 10.3. The number of amides is 1. The average Bonchev–Trinajstić information content (AvgIpc) is 3.12. The maximum atomic E-state index is 14.6. The molecule has 0 spiro atoms. The number of hydrogen-bond acceptors (Lipinski definition) is 11. The second kappa shape index (κ2) is 18.7. The first-order valence-corrected chi connectivity index (χ1v) is 16.7. The Balaban J connectivity index is 0.000000241. The molecule has 3 heterocycles. The lowest BCUT2D eigenvalue weighted by Crippen LogP contribution is -2.38. The van der Waals surface area contributed by atoms with E-state index >= 15 is 0 Å². The first kappa shape index (κ1) is 40.8. The molecule has 0 unspecified atom stereocenters. The number of esters is 1. The summed E-state index contributed by atoms with van der Waals surface area (Å²) >= 11 is 12.1. The molecule has 5 aromatic rings. The van der Waals surface area contributed by atoms with Gasteiger partial charge in [0.1, 0.15) is 23.1 Å². The summed E-state index contributed by atoms with van der Waals surface area (Å²) in [6.07, 6.45) is 2.98. The number of ether oxygens (including phenoxy) is 5. The Morgan fingerprint density at radius 1 is 0.815 bits per heavy atom. The van der Waals surface area contributed by atoms with Crippen LogP contribution >= 0.6 is 23.2 Å². The van der Waals surface area contributed by atoms with E-state index in [2.05, 4.69) is 15.3 Å². The van der Waals surface area contributed by atoms with E-state index in [1.807, 2.05) is 0 Å². The quantitative estimate of drug-likeness (QED) is 0.133. The van der Waals surface area contributed by atoms with Crippen LogP contribution in [0.2, 0.25) is 10.0 Å². The van der Waals surface area contributed by atoms with E-state index in [4.69, 9.17) is 46.9 Å². The highest BCUT2D eigenvalue weighted by atomic mass is 35.5. The van der Waals surface area contributed by atoms with Gasteiger partial charge >= 0.3 is 11.7 Å². The molecule has 0 aliphatic heterocycles. The van der Waals surface area contributed by atoms with Crippen LogP contribution in [-0.2, 0) is 21.4 Å². The van der Waals surface area contributed by atoms with Gasteiger partial charge in [0, 0.05) is 50.3 Å². The summed E-state index contributed by atoms with van der Waals surface area (Å²) in [6, 6.07) is 12.0. The van der Waals surface area contributed by atoms with Gasteiger partial charge in [-0.3, -0.25) is 9.59 Å². The molecule has 0 radical (unpaired) electrons. The monoisotopic (exact) mass is 787 g/mol. The number of pyridine rings is 2. The summed E-state index contributed by atoms with van der Waals surface area (Å²) in [7, 11) is 1.49. The van der Waals surface area contributed by atoms with Gasteiger partial charge in [-0.1, -0.05) is 23.2 Å².